The number of aromatic nitrogens is 3. The fourth-order valence-electron chi connectivity index (χ4n) is 2.79. The van der Waals surface area contributed by atoms with Crippen molar-refractivity contribution in [2.75, 3.05) is 0 Å². The zero-order chi connectivity index (χ0) is 15.5. The van der Waals surface area contributed by atoms with Crippen LogP contribution in [0.1, 0.15) is 54.7 Å². The third-order valence-electron chi connectivity index (χ3n) is 4.18. The molecule has 1 saturated carbocycles. The molecule has 1 aliphatic carbocycles. The lowest BCUT2D eigenvalue weighted by atomic mass is 10.1. The number of halogens is 1. The van der Waals surface area contributed by atoms with E-state index in [1.54, 1.807) is 23.0 Å². The van der Waals surface area contributed by atoms with Crippen LogP contribution in [0.25, 0.3) is 0 Å². The lowest BCUT2D eigenvalue weighted by Gasteiger charge is -2.11. The van der Waals surface area contributed by atoms with Gasteiger partial charge in [-0.2, -0.15) is 0 Å². The van der Waals surface area contributed by atoms with Crippen molar-refractivity contribution in [3.8, 4) is 0 Å². The number of benzene rings is 1. The first-order chi connectivity index (χ1) is 10.6. The van der Waals surface area contributed by atoms with E-state index in [9.17, 15) is 9.18 Å². The topological polar surface area (TPSA) is 59.8 Å². The van der Waals surface area contributed by atoms with Gasteiger partial charge in [0, 0.05) is 6.04 Å². The number of nitrogens with zero attached hydrogens (tertiary/aromatic N) is 3. The van der Waals surface area contributed by atoms with Gasteiger partial charge in [-0.15, -0.1) is 5.10 Å². The van der Waals surface area contributed by atoms with Crippen LogP contribution >= 0.6 is 0 Å². The molecule has 1 heterocycles. The van der Waals surface area contributed by atoms with Crippen molar-refractivity contribution >= 4 is 5.91 Å². The maximum absolute atomic E-state index is 13.0. The number of hydrogen-bond donors (Lipinski definition) is 1. The molecule has 1 fully saturated rings. The summed E-state index contributed by atoms with van der Waals surface area (Å²) in [6.07, 6.45) is 6.04. The second-order valence-electron chi connectivity index (χ2n) is 5.77. The van der Waals surface area contributed by atoms with Gasteiger partial charge in [-0.25, -0.2) is 9.07 Å². The van der Waals surface area contributed by atoms with Crippen molar-refractivity contribution in [1.82, 2.24) is 20.3 Å². The van der Waals surface area contributed by atoms with Crippen molar-refractivity contribution in [2.45, 2.75) is 44.7 Å². The number of carbonyl (C=O) groups excluding carboxylic acids is 1. The van der Waals surface area contributed by atoms with Crippen molar-refractivity contribution in [3.05, 3.63) is 47.5 Å². The lowest BCUT2D eigenvalue weighted by Crippen LogP contribution is -2.32. The second-order valence-corrected chi connectivity index (χ2v) is 5.77. The van der Waals surface area contributed by atoms with Gasteiger partial charge in [0.1, 0.15) is 5.82 Å². The van der Waals surface area contributed by atoms with E-state index >= 15 is 0 Å². The van der Waals surface area contributed by atoms with E-state index in [0.29, 0.717) is 5.69 Å². The molecule has 0 saturated heterocycles. The summed E-state index contributed by atoms with van der Waals surface area (Å²) in [5.74, 6) is -0.448. The molecule has 1 aromatic carbocycles. The zero-order valence-corrected chi connectivity index (χ0v) is 12.5. The van der Waals surface area contributed by atoms with Gasteiger partial charge >= 0.3 is 0 Å². The molecule has 1 N–H and O–H groups in total. The summed E-state index contributed by atoms with van der Waals surface area (Å²) in [7, 11) is 0. The summed E-state index contributed by atoms with van der Waals surface area (Å²) in [5.41, 5.74) is 1.23. The van der Waals surface area contributed by atoms with Gasteiger partial charge in [0.05, 0.1) is 12.2 Å². The Morgan fingerprint density at radius 2 is 2.00 bits per heavy atom. The van der Waals surface area contributed by atoms with Crippen molar-refractivity contribution < 1.29 is 9.18 Å². The Bertz CT molecular complexity index is 646. The fraction of sp³-hybridized carbons (Fsp3) is 0.438. The molecule has 0 aliphatic heterocycles. The highest BCUT2D eigenvalue weighted by Gasteiger charge is 2.20. The quantitative estimate of drug-likeness (QED) is 0.944. The van der Waals surface area contributed by atoms with Crippen LogP contribution in [0.3, 0.4) is 0 Å². The van der Waals surface area contributed by atoms with Gasteiger partial charge < -0.3 is 5.32 Å². The molecular formula is C16H19FN4O. The molecule has 1 amide bonds. The third kappa shape index (κ3) is 3.16. The van der Waals surface area contributed by atoms with Gasteiger partial charge in [0.2, 0.25) is 0 Å². The van der Waals surface area contributed by atoms with Crippen molar-refractivity contribution in [3.63, 3.8) is 0 Å². The van der Waals surface area contributed by atoms with Crippen LogP contribution in [0, 0.1) is 5.82 Å². The van der Waals surface area contributed by atoms with E-state index in [-0.39, 0.29) is 23.8 Å². The van der Waals surface area contributed by atoms with E-state index < -0.39 is 0 Å². The normalized spacial score (nSPS) is 16.6. The first-order valence-electron chi connectivity index (χ1n) is 7.61. The largest absolute Gasteiger partial charge is 0.348 e. The molecule has 0 bridgehead atoms. The minimum absolute atomic E-state index is 0.110. The van der Waals surface area contributed by atoms with Crippen LogP contribution in [-0.2, 0) is 0 Å². The fourth-order valence-corrected chi connectivity index (χ4v) is 2.79. The monoisotopic (exact) mass is 302 g/mol. The van der Waals surface area contributed by atoms with Gasteiger partial charge in [-0.3, -0.25) is 4.79 Å². The van der Waals surface area contributed by atoms with Crippen LogP contribution in [0.4, 0.5) is 4.39 Å². The summed E-state index contributed by atoms with van der Waals surface area (Å²) in [6.45, 7) is 1.93. The SMILES string of the molecule is C[C@H](c1ccc(F)cc1)n1cc(C(=O)NC2CCCC2)nn1. The Kier molecular flexibility index (Phi) is 4.18. The molecule has 1 atom stereocenters. The molecule has 22 heavy (non-hydrogen) atoms. The van der Waals surface area contributed by atoms with E-state index in [1.807, 2.05) is 6.92 Å². The average molecular weight is 302 g/mol. The second kappa shape index (κ2) is 6.25. The molecule has 5 nitrogen and oxygen atoms in total. The summed E-state index contributed by atoms with van der Waals surface area (Å²) < 4.78 is 14.6. The Hall–Kier alpha value is -2.24. The molecule has 3 rings (SSSR count). The Balaban J connectivity index is 1.69. The molecule has 6 heteroatoms. The molecule has 1 aliphatic rings. The molecule has 0 spiro atoms. The Morgan fingerprint density at radius 3 is 2.68 bits per heavy atom. The number of amides is 1. The van der Waals surface area contributed by atoms with Gasteiger partial charge in [0.15, 0.2) is 5.69 Å². The van der Waals surface area contributed by atoms with Gasteiger partial charge in [-0.1, -0.05) is 30.2 Å². The van der Waals surface area contributed by atoms with E-state index in [1.165, 1.54) is 25.0 Å². The highest BCUT2D eigenvalue weighted by atomic mass is 19.1. The molecule has 0 radical (unpaired) electrons. The summed E-state index contributed by atoms with van der Waals surface area (Å²) in [4.78, 5) is 12.1. The Labute approximate surface area is 128 Å². The van der Waals surface area contributed by atoms with Crippen LogP contribution in [-0.4, -0.2) is 26.9 Å². The van der Waals surface area contributed by atoms with E-state index in [2.05, 4.69) is 15.6 Å². The number of nitrogens with one attached hydrogen (secondary N) is 1. The summed E-state index contributed by atoms with van der Waals surface area (Å²) in [5, 5.41) is 11.0. The molecule has 1 aromatic heterocycles. The number of hydrogen-bond acceptors (Lipinski definition) is 3. The predicted octanol–water partition coefficient (Wildman–Crippen LogP) is 2.70. The van der Waals surface area contributed by atoms with Crippen LogP contribution in [0.2, 0.25) is 0 Å². The first-order valence-corrected chi connectivity index (χ1v) is 7.61. The van der Waals surface area contributed by atoms with Crippen LogP contribution in [0.15, 0.2) is 30.5 Å². The van der Waals surface area contributed by atoms with Crippen LogP contribution in [0.5, 0.6) is 0 Å². The minimum atomic E-state index is -0.272. The summed E-state index contributed by atoms with van der Waals surface area (Å²) >= 11 is 0. The predicted molar refractivity (Wildman–Crippen MR) is 80.0 cm³/mol. The number of rotatable bonds is 4. The maximum Gasteiger partial charge on any atom is 0.273 e. The molecule has 116 valence electrons. The zero-order valence-electron chi connectivity index (χ0n) is 12.5. The smallest absolute Gasteiger partial charge is 0.273 e. The van der Waals surface area contributed by atoms with Crippen molar-refractivity contribution in [1.29, 1.82) is 0 Å². The first kappa shape index (κ1) is 14.7. The third-order valence-corrected chi connectivity index (χ3v) is 4.18. The maximum atomic E-state index is 13.0. The standard InChI is InChI=1S/C16H19FN4O/c1-11(12-6-8-13(17)9-7-12)21-10-15(19-20-21)16(22)18-14-4-2-3-5-14/h6-11,14H,2-5H2,1H3,(H,18,22)/t11-/m1/s1. The summed E-state index contributed by atoms with van der Waals surface area (Å²) in [6, 6.07) is 6.39. The lowest BCUT2D eigenvalue weighted by molar-refractivity contribution is 0.0932. The van der Waals surface area contributed by atoms with E-state index in [4.69, 9.17) is 0 Å². The minimum Gasteiger partial charge on any atom is -0.348 e. The van der Waals surface area contributed by atoms with E-state index in [0.717, 1.165) is 18.4 Å². The highest BCUT2D eigenvalue weighted by molar-refractivity contribution is 5.92. The highest BCUT2D eigenvalue weighted by Crippen LogP contribution is 2.19. The number of carbonyl (C=O) groups is 1. The van der Waals surface area contributed by atoms with Crippen LogP contribution < -0.4 is 5.32 Å². The Morgan fingerprint density at radius 1 is 1.32 bits per heavy atom. The average Bonchev–Trinajstić information content (AvgIpc) is 3.18. The van der Waals surface area contributed by atoms with Gasteiger partial charge in [-0.05, 0) is 37.5 Å². The van der Waals surface area contributed by atoms with Crippen molar-refractivity contribution in [2.24, 2.45) is 0 Å². The van der Waals surface area contributed by atoms with Gasteiger partial charge in [0.25, 0.3) is 5.91 Å². The molecular weight excluding hydrogens is 283 g/mol. The molecule has 2 aromatic rings. The molecule has 0 unspecified atom stereocenters.